The fourth-order valence-electron chi connectivity index (χ4n) is 2.65. The van der Waals surface area contributed by atoms with E-state index in [2.05, 4.69) is 0 Å². The van der Waals surface area contributed by atoms with E-state index in [1.165, 1.54) is 6.08 Å². The Morgan fingerprint density at radius 2 is 1.59 bits per heavy atom. The molecule has 5 nitrogen and oxygen atoms in total. The minimum Gasteiger partial charge on any atom is -0.493 e. The second-order valence-corrected chi connectivity index (χ2v) is 6.12. The molecule has 0 saturated heterocycles. The molecule has 3 aromatic rings. The molecule has 0 saturated carbocycles. The molecular formula is C24H22O5. The number of methoxy groups -OCH3 is 2. The number of carbonyl (C=O) groups is 1. The highest BCUT2D eigenvalue weighted by molar-refractivity contribution is 5.87. The van der Waals surface area contributed by atoms with Gasteiger partial charge in [-0.2, -0.15) is 0 Å². The molecule has 0 bridgehead atoms. The zero-order valence-corrected chi connectivity index (χ0v) is 16.3. The molecule has 0 aliphatic heterocycles. The van der Waals surface area contributed by atoms with Crippen molar-refractivity contribution >= 4 is 12.0 Å². The molecule has 0 aliphatic carbocycles. The Labute approximate surface area is 170 Å². The monoisotopic (exact) mass is 390 g/mol. The highest BCUT2D eigenvalue weighted by atomic mass is 16.5. The van der Waals surface area contributed by atoms with E-state index in [1.54, 1.807) is 32.4 Å². The Morgan fingerprint density at radius 3 is 2.34 bits per heavy atom. The Bertz CT molecular complexity index is 980. The van der Waals surface area contributed by atoms with Crippen LogP contribution in [0, 0.1) is 0 Å². The van der Waals surface area contributed by atoms with Gasteiger partial charge < -0.3 is 18.9 Å². The number of hydrogen-bond donors (Lipinski definition) is 0. The Hall–Kier alpha value is -3.73. The molecule has 3 aromatic carbocycles. The number of para-hydroxylation sites is 1. The lowest BCUT2D eigenvalue weighted by molar-refractivity contribution is -0.138. The minimum atomic E-state index is -0.436. The Balaban J connectivity index is 1.56. The molecule has 0 aromatic heterocycles. The molecular weight excluding hydrogens is 368 g/mol. The van der Waals surface area contributed by atoms with Crippen LogP contribution in [0.15, 0.2) is 78.9 Å². The normalized spacial score (nSPS) is 10.6. The van der Waals surface area contributed by atoms with E-state index >= 15 is 0 Å². The van der Waals surface area contributed by atoms with Gasteiger partial charge in [0.05, 0.1) is 14.2 Å². The first-order chi connectivity index (χ1) is 14.2. The van der Waals surface area contributed by atoms with E-state index in [-0.39, 0.29) is 6.61 Å². The topological polar surface area (TPSA) is 54.0 Å². The summed E-state index contributed by atoms with van der Waals surface area (Å²) in [7, 11) is 3.14. The van der Waals surface area contributed by atoms with E-state index in [9.17, 15) is 4.79 Å². The summed E-state index contributed by atoms with van der Waals surface area (Å²) in [6.07, 6.45) is 3.05. The summed E-state index contributed by atoms with van der Waals surface area (Å²) in [5, 5.41) is 0. The Kier molecular flexibility index (Phi) is 6.90. The molecule has 29 heavy (non-hydrogen) atoms. The number of ether oxygens (including phenoxy) is 4. The van der Waals surface area contributed by atoms with Crippen LogP contribution in [-0.2, 0) is 16.1 Å². The van der Waals surface area contributed by atoms with Gasteiger partial charge in [-0.15, -0.1) is 0 Å². The average molecular weight is 390 g/mol. The first-order valence-electron chi connectivity index (χ1n) is 9.06. The highest BCUT2D eigenvalue weighted by Crippen LogP contribution is 2.28. The van der Waals surface area contributed by atoms with Crippen molar-refractivity contribution in [1.29, 1.82) is 0 Å². The fraction of sp³-hybridized carbons (Fsp3) is 0.125. The van der Waals surface area contributed by atoms with Crippen LogP contribution in [0.2, 0.25) is 0 Å². The van der Waals surface area contributed by atoms with E-state index < -0.39 is 5.97 Å². The van der Waals surface area contributed by atoms with Crippen LogP contribution >= 0.6 is 0 Å². The van der Waals surface area contributed by atoms with Gasteiger partial charge in [-0.1, -0.05) is 36.4 Å². The van der Waals surface area contributed by atoms with Gasteiger partial charge in [-0.3, -0.25) is 0 Å². The maximum atomic E-state index is 12.0. The second kappa shape index (κ2) is 9.99. The number of benzene rings is 3. The molecule has 0 radical (unpaired) electrons. The van der Waals surface area contributed by atoms with Crippen LogP contribution in [-0.4, -0.2) is 20.2 Å². The summed E-state index contributed by atoms with van der Waals surface area (Å²) in [4.78, 5) is 12.0. The maximum Gasteiger partial charge on any atom is 0.331 e. The van der Waals surface area contributed by atoms with Crippen molar-refractivity contribution in [2.24, 2.45) is 0 Å². The fourth-order valence-corrected chi connectivity index (χ4v) is 2.65. The van der Waals surface area contributed by atoms with Crippen molar-refractivity contribution in [2.45, 2.75) is 6.61 Å². The molecule has 0 atom stereocenters. The Morgan fingerprint density at radius 1 is 0.828 bits per heavy atom. The quantitative estimate of drug-likeness (QED) is 0.388. The smallest absolute Gasteiger partial charge is 0.331 e. The SMILES string of the molecule is COc1ccc(C=CC(=O)OCc2cccc(Oc3ccccc3)c2)cc1OC. The molecule has 0 unspecified atom stereocenters. The van der Waals surface area contributed by atoms with Crippen molar-refractivity contribution in [3.63, 3.8) is 0 Å². The second-order valence-electron chi connectivity index (χ2n) is 6.12. The van der Waals surface area contributed by atoms with Crippen molar-refractivity contribution in [2.75, 3.05) is 14.2 Å². The van der Waals surface area contributed by atoms with Crippen LogP contribution in [0.5, 0.6) is 23.0 Å². The lowest BCUT2D eigenvalue weighted by atomic mass is 10.2. The summed E-state index contributed by atoms with van der Waals surface area (Å²) < 4.78 is 21.6. The highest BCUT2D eigenvalue weighted by Gasteiger charge is 2.05. The van der Waals surface area contributed by atoms with E-state index in [0.717, 1.165) is 16.9 Å². The summed E-state index contributed by atoms with van der Waals surface area (Å²) in [5.74, 6) is 2.22. The van der Waals surface area contributed by atoms with Crippen molar-refractivity contribution in [3.8, 4) is 23.0 Å². The van der Waals surface area contributed by atoms with Crippen LogP contribution < -0.4 is 14.2 Å². The van der Waals surface area contributed by atoms with Crippen LogP contribution in [0.3, 0.4) is 0 Å². The van der Waals surface area contributed by atoms with Gasteiger partial charge in [0.15, 0.2) is 11.5 Å². The third-order valence-corrected chi connectivity index (χ3v) is 4.08. The summed E-state index contributed by atoms with van der Waals surface area (Å²) in [6, 6.07) is 22.3. The van der Waals surface area contributed by atoms with Crippen LogP contribution in [0.4, 0.5) is 0 Å². The molecule has 0 spiro atoms. The van der Waals surface area contributed by atoms with Gasteiger partial charge >= 0.3 is 5.97 Å². The number of hydrogen-bond acceptors (Lipinski definition) is 5. The first kappa shape index (κ1) is 20.0. The van der Waals surface area contributed by atoms with Gasteiger partial charge in [0, 0.05) is 6.08 Å². The summed E-state index contributed by atoms with van der Waals surface area (Å²) in [6.45, 7) is 0.154. The standard InChI is InChI=1S/C24H22O5/c1-26-22-13-11-18(16-23(22)27-2)12-14-24(25)28-17-19-7-6-10-21(15-19)29-20-8-4-3-5-9-20/h3-16H,17H2,1-2H3. The summed E-state index contributed by atoms with van der Waals surface area (Å²) in [5.41, 5.74) is 1.64. The summed E-state index contributed by atoms with van der Waals surface area (Å²) >= 11 is 0. The van der Waals surface area contributed by atoms with E-state index in [4.69, 9.17) is 18.9 Å². The largest absolute Gasteiger partial charge is 0.493 e. The van der Waals surface area contributed by atoms with E-state index in [0.29, 0.717) is 17.2 Å². The molecule has 5 heteroatoms. The maximum absolute atomic E-state index is 12.0. The van der Waals surface area contributed by atoms with Crippen molar-refractivity contribution in [3.05, 3.63) is 90.0 Å². The molecule has 0 aliphatic rings. The van der Waals surface area contributed by atoms with Gasteiger partial charge in [0.1, 0.15) is 18.1 Å². The third kappa shape index (κ3) is 5.87. The third-order valence-electron chi connectivity index (χ3n) is 4.08. The average Bonchev–Trinajstić information content (AvgIpc) is 2.77. The van der Waals surface area contributed by atoms with Crippen molar-refractivity contribution in [1.82, 2.24) is 0 Å². The molecule has 3 rings (SSSR count). The van der Waals surface area contributed by atoms with Crippen molar-refractivity contribution < 1.29 is 23.7 Å². The van der Waals surface area contributed by atoms with Gasteiger partial charge in [-0.25, -0.2) is 4.79 Å². The van der Waals surface area contributed by atoms with Gasteiger partial charge in [0.25, 0.3) is 0 Å². The van der Waals surface area contributed by atoms with Gasteiger partial charge in [-0.05, 0) is 53.6 Å². The molecule has 0 heterocycles. The molecule has 0 amide bonds. The van der Waals surface area contributed by atoms with Crippen LogP contribution in [0.1, 0.15) is 11.1 Å². The number of esters is 1. The van der Waals surface area contributed by atoms with Gasteiger partial charge in [0.2, 0.25) is 0 Å². The minimum absolute atomic E-state index is 0.154. The predicted octanol–water partition coefficient (Wildman–Crippen LogP) is 5.25. The zero-order chi connectivity index (χ0) is 20.5. The molecule has 0 N–H and O–H groups in total. The lowest BCUT2D eigenvalue weighted by Gasteiger charge is -2.08. The first-order valence-corrected chi connectivity index (χ1v) is 9.06. The van der Waals surface area contributed by atoms with Crippen LogP contribution in [0.25, 0.3) is 6.08 Å². The number of rotatable bonds is 8. The van der Waals surface area contributed by atoms with E-state index in [1.807, 2.05) is 60.7 Å². The number of carbonyl (C=O) groups excluding carboxylic acids is 1. The molecule has 0 fully saturated rings. The lowest BCUT2D eigenvalue weighted by Crippen LogP contribution is -2.01. The predicted molar refractivity (Wildman–Crippen MR) is 111 cm³/mol. The molecule has 148 valence electrons. The zero-order valence-electron chi connectivity index (χ0n) is 16.3.